The van der Waals surface area contributed by atoms with Gasteiger partial charge in [-0.1, -0.05) is 0 Å². The topological polar surface area (TPSA) is 101 Å². The number of methoxy groups -OCH3 is 1. The smallest absolute Gasteiger partial charge is 0.315 e. The zero-order chi connectivity index (χ0) is 10.3. The van der Waals surface area contributed by atoms with Crippen LogP contribution in [0.25, 0.3) is 0 Å². The Labute approximate surface area is 75.3 Å². The Hall–Kier alpha value is -0.660. The van der Waals surface area contributed by atoms with Gasteiger partial charge in [-0.3, -0.25) is 9.35 Å². The molecule has 0 spiro atoms. The Morgan fingerprint density at radius 2 is 2.00 bits per heavy atom. The molecule has 0 bridgehead atoms. The summed E-state index contributed by atoms with van der Waals surface area (Å²) in [7, 11) is -3.50. The third-order valence-corrected chi connectivity index (χ3v) is 3.15. The van der Waals surface area contributed by atoms with Crippen molar-refractivity contribution in [2.45, 2.75) is 18.3 Å². The summed E-state index contributed by atoms with van der Waals surface area (Å²) in [6.45, 7) is 0. The van der Waals surface area contributed by atoms with Crippen LogP contribution in [0.2, 0.25) is 0 Å². The maximum absolute atomic E-state index is 11.0. The lowest BCUT2D eigenvalue weighted by atomic mass is 10.1. The SMILES string of the molecule is COC(=O)C1(C(O)S(=O)(=O)O)CC1. The van der Waals surface area contributed by atoms with Crippen LogP contribution in [0.5, 0.6) is 0 Å². The molecule has 1 saturated carbocycles. The molecule has 13 heavy (non-hydrogen) atoms. The first kappa shape index (κ1) is 10.4. The fourth-order valence-electron chi connectivity index (χ4n) is 1.17. The zero-order valence-corrected chi connectivity index (χ0v) is 7.74. The number of carbonyl (C=O) groups excluding carboxylic acids is 1. The van der Waals surface area contributed by atoms with E-state index in [0.29, 0.717) is 0 Å². The van der Waals surface area contributed by atoms with Crippen LogP contribution in [0.3, 0.4) is 0 Å². The summed E-state index contributed by atoms with van der Waals surface area (Å²) in [4.78, 5) is 11.0. The van der Waals surface area contributed by atoms with Crippen molar-refractivity contribution in [3.8, 4) is 0 Å². The molecule has 6 nitrogen and oxygen atoms in total. The minimum absolute atomic E-state index is 0.209. The second kappa shape index (κ2) is 2.93. The molecule has 0 aromatic rings. The lowest BCUT2D eigenvalue weighted by Gasteiger charge is -2.16. The Balaban J connectivity index is 2.89. The Morgan fingerprint density at radius 3 is 2.23 bits per heavy atom. The van der Waals surface area contributed by atoms with Gasteiger partial charge in [-0.15, -0.1) is 0 Å². The van der Waals surface area contributed by atoms with Crippen molar-refractivity contribution < 1.29 is 27.6 Å². The molecule has 1 aliphatic carbocycles. The molecule has 1 unspecified atom stereocenters. The minimum Gasteiger partial charge on any atom is -0.468 e. The Kier molecular flexibility index (Phi) is 2.35. The molecule has 0 heterocycles. The van der Waals surface area contributed by atoms with E-state index in [9.17, 15) is 13.2 Å². The van der Waals surface area contributed by atoms with Gasteiger partial charge < -0.3 is 9.84 Å². The highest BCUT2D eigenvalue weighted by atomic mass is 32.2. The van der Waals surface area contributed by atoms with E-state index in [0.717, 1.165) is 7.11 Å². The highest BCUT2D eigenvalue weighted by Crippen LogP contribution is 2.51. The highest BCUT2D eigenvalue weighted by molar-refractivity contribution is 7.86. The quantitative estimate of drug-likeness (QED) is 0.464. The van der Waals surface area contributed by atoms with E-state index in [-0.39, 0.29) is 12.8 Å². The average molecular weight is 210 g/mol. The predicted octanol–water partition coefficient (Wildman–Crippen LogP) is -0.854. The molecular formula is C6H10O6S. The average Bonchev–Trinajstić information content (AvgIpc) is 2.80. The van der Waals surface area contributed by atoms with Crippen molar-refractivity contribution in [2.24, 2.45) is 5.41 Å². The second-order valence-corrected chi connectivity index (χ2v) is 4.49. The molecular weight excluding hydrogens is 200 g/mol. The van der Waals surface area contributed by atoms with Gasteiger partial charge in [-0.25, -0.2) is 0 Å². The molecule has 0 amide bonds. The third-order valence-electron chi connectivity index (χ3n) is 2.14. The number of hydrogen-bond acceptors (Lipinski definition) is 5. The third kappa shape index (κ3) is 1.67. The summed E-state index contributed by atoms with van der Waals surface area (Å²) in [5.74, 6) is -0.808. The van der Waals surface area contributed by atoms with Crippen LogP contribution < -0.4 is 0 Å². The first-order chi connectivity index (χ1) is 5.84. The van der Waals surface area contributed by atoms with Gasteiger partial charge in [0.15, 0.2) is 5.44 Å². The fourth-order valence-corrected chi connectivity index (χ4v) is 2.08. The van der Waals surface area contributed by atoms with E-state index in [1.165, 1.54) is 0 Å². The number of esters is 1. The van der Waals surface area contributed by atoms with Crippen molar-refractivity contribution in [3.05, 3.63) is 0 Å². The first-order valence-corrected chi connectivity index (χ1v) is 5.08. The molecule has 1 atom stereocenters. The van der Waals surface area contributed by atoms with Gasteiger partial charge in [-0.2, -0.15) is 8.42 Å². The maximum atomic E-state index is 11.0. The van der Waals surface area contributed by atoms with Gasteiger partial charge in [0, 0.05) is 0 Å². The van der Waals surface area contributed by atoms with Crippen LogP contribution in [0.1, 0.15) is 12.8 Å². The van der Waals surface area contributed by atoms with Gasteiger partial charge in [0.05, 0.1) is 7.11 Å². The number of rotatable bonds is 3. The predicted molar refractivity (Wildman–Crippen MR) is 41.2 cm³/mol. The van der Waals surface area contributed by atoms with E-state index in [2.05, 4.69) is 4.74 Å². The summed E-state index contributed by atoms with van der Waals surface area (Å²) in [5, 5.41) is 9.14. The standard InChI is InChI=1S/C6H10O6S/c1-12-4(7)6(2-3-6)5(8)13(9,10)11/h5,8H,2-3H2,1H3,(H,9,10,11). The Morgan fingerprint density at radius 1 is 1.54 bits per heavy atom. The van der Waals surface area contributed by atoms with Crippen molar-refractivity contribution in [1.82, 2.24) is 0 Å². The van der Waals surface area contributed by atoms with Crippen LogP contribution in [0.15, 0.2) is 0 Å². The molecule has 0 radical (unpaired) electrons. The van der Waals surface area contributed by atoms with Crippen molar-refractivity contribution in [2.75, 3.05) is 7.11 Å². The van der Waals surface area contributed by atoms with Gasteiger partial charge >= 0.3 is 5.97 Å². The summed E-state index contributed by atoms with van der Waals surface area (Å²) < 4.78 is 33.9. The van der Waals surface area contributed by atoms with Crippen molar-refractivity contribution >= 4 is 16.1 Å². The van der Waals surface area contributed by atoms with Crippen molar-refractivity contribution in [3.63, 3.8) is 0 Å². The summed E-state index contributed by atoms with van der Waals surface area (Å²) in [6, 6.07) is 0. The Bertz CT molecular complexity index is 314. The van der Waals surface area contributed by atoms with Gasteiger partial charge in [-0.05, 0) is 12.8 Å². The van der Waals surface area contributed by atoms with Crippen LogP contribution in [-0.4, -0.2) is 36.6 Å². The van der Waals surface area contributed by atoms with Crippen LogP contribution in [0, 0.1) is 5.41 Å². The number of carbonyl (C=O) groups is 1. The van der Waals surface area contributed by atoms with Crippen molar-refractivity contribution in [1.29, 1.82) is 0 Å². The number of aliphatic hydroxyl groups excluding tert-OH is 1. The van der Waals surface area contributed by atoms with E-state index < -0.39 is 26.9 Å². The molecule has 7 heteroatoms. The van der Waals surface area contributed by atoms with Crippen LogP contribution in [-0.2, 0) is 19.6 Å². The van der Waals surface area contributed by atoms with Crippen LogP contribution >= 0.6 is 0 Å². The van der Waals surface area contributed by atoms with E-state index in [1.54, 1.807) is 0 Å². The molecule has 0 saturated heterocycles. The molecule has 76 valence electrons. The van der Waals surface area contributed by atoms with Crippen LogP contribution in [0.4, 0.5) is 0 Å². The maximum Gasteiger partial charge on any atom is 0.315 e. The summed E-state index contributed by atoms with van der Waals surface area (Å²) in [6.07, 6.45) is 0.418. The molecule has 2 N–H and O–H groups in total. The first-order valence-electron chi connectivity index (χ1n) is 3.57. The number of hydrogen-bond donors (Lipinski definition) is 2. The number of ether oxygens (including phenoxy) is 1. The summed E-state index contributed by atoms with van der Waals surface area (Å²) >= 11 is 0. The lowest BCUT2D eigenvalue weighted by molar-refractivity contribution is -0.149. The normalized spacial score (nSPS) is 22.1. The lowest BCUT2D eigenvalue weighted by Crippen LogP contribution is -2.37. The minimum atomic E-state index is -4.60. The summed E-state index contributed by atoms with van der Waals surface area (Å²) in [5.41, 5.74) is -3.52. The molecule has 0 aliphatic heterocycles. The monoisotopic (exact) mass is 210 g/mol. The fraction of sp³-hybridized carbons (Fsp3) is 0.833. The van der Waals surface area contributed by atoms with E-state index in [4.69, 9.17) is 9.66 Å². The van der Waals surface area contributed by atoms with Gasteiger partial charge in [0.25, 0.3) is 10.1 Å². The molecule has 1 fully saturated rings. The second-order valence-electron chi connectivity index (χ2n) is 3.02. The van der Waals surface area contributed by atoms with E-state index >= 15 is 0 Å². The highest BCUT2D eigenvalue weighted by Gasteiger charge is 2.61. The van der Waals surface area contributed by atoms with Gasteiger partial charge in [0.1, 0.15) is 5.41 Å². The molecule has 1 rings (SSSR count). The van der Waals surface area contributed by atoms with Gasteiger partial charge in [0.2, 0.25) is 0 Å². The van der Waals surface area contributed by atoms with E-state index in [1.807, 2.05) is 0 Å². The largest absolute Gasteiger partial charge is 0.468 e. The molecule has 0 aromatic heterocycles. The molecule has 1 aliphatic rings. The zero-order valence-electron chi connectivity index (χ0n) is 6.93. The number of aliphatic hydroxyl groups is 1. The molecule has 0 aromatic carbocycles.